The summed E-state index contributed by atoms with van der Waals surface area (Å²) in [6, 6.07) is 0. The fourth-order valence-corrected chi connectivity index (χ4v) is 0.767. The van der Waals surface area contributed by atoms with E-state index in [9.17, 15) is 0 Å². The number of ether oxygens (including phenoxy) is 1. The average molecular weight is 156 g/mol. The van der Waals surface area contributed by atoms with Crippen molar-refractivity contribution in [3.63, 3.8) is 0 Å². The predicted octanol–water partition coefficient (Wildman–Crippen LogP) is -0.268. The fourth-order valence-electron chi connectivity index (χ4n) is 0.767. The summed E-state index contributed by atoms with van der Waals surface area (Å²) in [7, 11) is 0. The van der Waals surface area contributed by atoms with Gasteiger partial charge in [0, 0.05) is 12.1 Å². The van der Waals surface area contributed by atoms with Gasteiger partial charge in [0.25, 0.3) is 0 Å². The monoisotopic (exact) mass is 156 g/mol. The molecule has 0 aromatic rings. The molecule has 3 heteroatoms. The summed E-state index contributed by atoms with van der Waals surface area (Å²) in [5.74, 6) is 0. The lowest BCUT2D eigenvalue weighted by molar-refractivity contribution is 0.186. The molecule has 1 atom stereocenters. The molecule has 3 N–H and O–H groups in total. The zero-order valence-electron chi connectivity index (χ0n) is 6.81. The van der Waals surface area contributed by atoms with Gasteiger partial charge >= 0.3 is 0 Å². The largest absolute Gasteiger partial charge is 0.379 e. The smallest absolute Gasteiger partial charge is 0.0647 e. The molecule has 1 unspecified atom stereocenters. The van der Waals surface area contributed by atoms with Gasteiger partial charge in [-0.2, -0.15) is 0 Å². The van der Waals surface area contributed by atoms with Gasteiger partial charge in [0.2, 0.25) is 0 Å². The SMILES string of the molecule is [CH2]C1(N)CCOC1.[CH]1CNC1. The summed E-state index contributed by atoms with van der Waals surface area (Å²) in [5, 5.41) is 3.06. The Balaban J connectivity index is 0.000000128. The first-order chi connectivity index (χ1) is 5.21. The molecule has 0 amide bonds. The molecule has 2 aliphatic rings. The van der Waals surface area contributed by atoms with Crippen molar-refractivity contribution in [2.24, 2.45) is 5.73 Å². The van der Waals surface area contributed by atoms with Crippen molar-refractivity contribution in [2.75, 3.05) is 26.3 Å². The van der Waals surface area contributed by atoms with Crippen LogP contribution in [0.4, 0.5) is 0 Å². The molecular weight excluding hydrogens is 140 g/mol. The summed E-state index contributed by atoms with van der Waals surface area (Å²) in [5.41, 5.74) is 5.26. The Hall–Kier alpha value is -0.120. The van der Waals surface area contributed by atoms with Crippen molar-refractivity contribution < 1.29 is 4.74 Å². The molecular formula is C8H16N2O. The van der Waals surface area contributed by atoms with Gasteiger partial charge in [-0.1, -0.05) is 0 Å². The van der Waals surface area contributed by atoms with Gasteiger partial charge in [0.1, 0.15) is 0 Å². The van der Waals surface area contributed by atoms with Crippen molar-refractivity contribution in [3.8, 4) is 0 Å². The van der Waals surface area contributed by atoms with Crippen LogP contribution in [-0.2, 0) is 4.74 Å². The maximum absolute atomic E-state index is 5.54. The lowest BCUT2D eigenvalue weighted by Crippen LogP contribution is -2.36. The molecule has 2 heterocycles. The van der Waals surface area contributed by atoms with Crippen LogP contribution < -0.4 is 11.1 Å². The fraction of sp³-hybridized carbons (Fsp3) is 0.750. The molecule has 0 saturated carbocycles. The Bertz CT molecular complexity index is 98.7. The van der Waals surface area contributed by atoms with Crippen molar-refractivity contribution in [1.82, 2.24) is 5.32 Å². The van der Waals surface area contributed by atoms with E-state index in [-0.39, 0.29) is 5.54 Å². The molecule has 3 nitrogen and oxygen atoms in total. The van der Waals surface area contributed by atoms with Gasteiger partial charge in [0.15, 0.2) is 0 Å². The van der Waals surface area contributed by atoms with Crippen LogP contribution in [-0.4, -0.2) is 31.8 Å². The van der Waals surface area contributed by atoms with E-state index in [4.69, 9.17) is 10.5 Å². The molecule has 2 rings (SSSR count). The van der Waals surface area contributed by atoms with E-state index in [1.54, 1.807) is 0 Å². The molecule has 2 saturated heterocycles. The molecule has 0 aromatic carbocycles. The summed E-state index contributed by atoms with van der Waals surface area (Å²) < 4.78 is 4.97. The normalized spacial score (nSPS) is 35.5. The van der Waals surface area contributed by atoms with E-state index < -0.39 is 0 Å². The maximum atomic E-state index is 5.54. The number of hydrogen-bond donors (Lipinski definition) is 2. The molecule has 11 heavy (non-hydrogen) atoms. The second-order valence-electron chi connectivity index (χ2n) is 3.11. The number of hydrogen-bond acceptors (Lipinski definition) is 3. The highest BCUT2D eigenvalue weighted by molar-refractivity contribution is 4.89. The third kappa shape index (κ3) is 3.70. The third-order valence-corrected chi connectivity index (χ3v) is 1.71. The zero-order chi connectivity index (χ0) is 8.16. The van der Waals surface area contributed by atoms with Crippen molar-refractivity contribution in [3.05, 3.63) is 13.3 Å². The minimum Gasteiger partial charge on any atom is -0.379 e. The maximum Gasteiger partial charge on any atom is 0.0647 e. The highest BCUT2D eigenvalue weighted by Crippen LogP contribution is 2.12. The van der Waals surface area contributed by atoms with Gasteiger partial charge in [0.05, 0.1) is 6.61 Å². The van der Waals surface area contributed by atoms with Crippen LogP contribution in [0.15, 0.2) is 0 Å². The van der Waals surface area contributed by atoms with Crippen molar-refractivity contribution in [1.29, 1.82) is 0 Å². The molecule has 2 fully saturated rings. The van der Waals surface area contributed by atoms with Crippen LogP contribution in [0.3, 0.4) is 0 Å². The third-order valence-electron chi connectivity index (χ3n) is 1.71. The second-order valence-corrected chi connectivity index (χ2v) is 3.11. The van der Waals surface area contributed by atoms with E-state index in [0.29, 0.717) is 6.61 Å². The van der Waals surface area contributed by atoms with Gasteiger partial charge in [-0.3, -0.25) is 0 Å². The molecule has 2 aliphatic heterocycles. The Morgan fingerprint density at radius 2 is 2.09 bits per heavy atom. The van der Waals surface area contributed by atoms with Crippen LogP contribution in [0, 0.1) is 13.3 Å². The first-order valence-electron chi connectivity index (χ1n) is 3.95. The van der Waals surface area contributed by atoms with E-state index in [1.165, 1.54) is 0 Å². The number of nitrogens with two attached hydrogens (primary N) is 1. The van der Waals surface area contributed by atoms with Crippen molar-refractivity contribution in [2.45, 2.75) is 12.0 Å². The highest BCUT2D eigenvalue weighted by Gasteiger charge is 2.23. The number of nitrogens with one attached hydrogen (secondary N) is 1. The minimum atomic E-state index is -0.278. The molecule has 0 spiro atoms. The molecule has 0 aliphatic carbocycles. The number of rotatable bonds is 0. The first-order valence-corrected chi connectivity index (χ1v) is 3.95. The van der Waals surface area contributed by atoms with Gasteiger partial charge in [-0.05, 0) is 32.9 Å². The predicted molar refractivity (Wildman–Crippen MR) is 44.9 cm³/mol. The second kappa shape index (κ2) is 4.04. The molecule has 2 radical (unpaired) electrons. The lowest BCUT2D eigenvalue weighted by Gasteiger charge is -2.11. The van der Waals surface area contributed by atoms with Gasteiger partial charge < -0.3 is 15.8 Å². The van der Waals surface area contributed by atoms with E-state index >= 15 is 0 Å². The zero-order valence-corrected chi connectivity index (χ0v) is 6.81. The highest BCUT2D eigenvalue weighted by atomic mass is 16.5. The van der Waals surface area contributed by atoms with E-state index in [1.807, 2.05) is 0 Å². The Labute approximate surface area is 68.3 Å². The van der Waals surface area contributed by atoms with Crippen LogP contribution in [0.2, 0.25) is 0 Å². The standard InChI is InChI=1S/C5H10NO.C3H6N/c1-5(6)2-3-7-4-5;1-2-4-3-1/h1-4,6H2;1,4H,2-3H2. The summed E-state index contributed by atoms with van der Waals surface area (Å²) >= 11 is 0. The summed E-state index contributed by atoms with van der Waals surface area (Å²) in [6.07, 6.45) is 3.09. The Morgan fingerprint density at radius 1 is 1.55 bits per heavy atom. The van der Waals surface area contributed by atoms with Gasteiger partial charge in [-0.15, -0.1) is 0 Å². The van der Waals surface area contributed by atoms with Crippen LogP contribution >= 0.6 is 0 Å². The van der Waals surface area contributed by atoms with E-state index in [2.05, 4.69) is 18.7 Å². The van der Waals surface area contributed by atoms with E-state index in [0.717, 1.165) is 26.1 Å². The van der Waals surface area contributed by atoms with Crippen LogP contribution in [0.5, 0.6) is 0 Å². The molecule has 64 valence electrons. The Morgan fingerprint density at radius 3 is 2.18 bits per heavy atom. The molecule has 0 aromatic heterocycles. The quantitative estimate of drug-likeness (QED) is 0.507. The van der Waals surface area contributed by atoms with Crippen LogP contribution in [0.1, 0.15) is 6.42 Å². The van der Waals surface area contributed by atoms with Crippen molar-refractivity contribution >= 4 is 0 Å². The Kier molecular flexibility index (Phi) is 3.30. The van der Waals surface area contributed by atoms with Gasteiger partial charge in [-0.25, -0.2) is 0 Å². The average Bonchev–Trinajstić information content (AvgIpc) is 2.08. The minimum absolute atomic E-state index is 0.278. The summed E-state index contributed by atoms with van der Waals surface area (Å²) in [6.45, 7) is 7.37. The summed E-state index contributed by atoms with van der Waals surface area (Å²) in [4.78, 5) is 0. The lowest BCUT2D eigenvalue weighted by atomic mass is 10.0. The first kappa shape index (κ1) is 8.97. The van der Waals surface area contributed by atoms with Crippen LogP contribution in [0.25, 0.3) is 0 Å². The topological polar surface area (TPSA) is 47.3 Å². The molecule has 0 bridgehead atoms.